The number of nitrogens with one attached hydrogen (secondary N) is 1. The van der Waals surface area contributed by atoms with Crippen LogP contribution in [0.1, 0.15) is 19.3 Å². The van der Waals surface area contributed by atoms with Crippen LogP contribution in [0.3, 0.4) is 0 Å². The largest absolute Gasteiger partial charge is 0.356 e. The number of azide groups is 1. The number of carbonyl (C=O) groups is 1. The van der Waals surface area contributed by atoms with Crippen LogP contribution in [-0.2, 0) is 4.79 Å². The summed E-state index contributed by atoms with van der Waals surface area (Å²) in [6, 6.07) is 0. The molecule has 12 heavy (non-hydrogen) atoms. The summed E-state index contributed by atoms with van der Waals surface area (Å²) in [7, 11) is 0. The van der Waals surface area contributed by atoms with Crippen molar-refractivity contribution >= 4 is 5.91 Å². The van der Waals surface area contributed by atoms with E-state index in [2.05, 4.69) is 15.3 Å². The van der Waals surface area contributed by atoms with E-state index < -0.39 is 0 Å². The summed E-state index contributed by atoms with van der Waals surface area (Å²) >= 11 is 0. The van der Waals surface area contributed by atoms with E-state index in [4.69, 9.17) is 5.53 Å². The van der Waals surface area contributed by atoms with E-state index in [1.165, 1.54) is 0 Å². The molecule has 1 aliphatic carbocycles. The minimum absolute atomic E-state index is 0.106. The van der Waals surface area contributed by atoms with E-state index >= 15 is 0 Å². The Morgan fingerprint density at radius 1 is 1.67 bits per heavy atom. The fraction of sp³-hybridized carbons (Fsp3) is 0.857. The Morgan fingerprint density at radius 2 is 2.42 bits per heavy atom. The number of hydrogen-bond acceptors (Lipinski definition) is 2. The van der Waals surface area contributed by atoms with Crippen molar-refractivity contribution in [2.75, 3.05) is 13.1 Å². The van der Waals surface area contributed by atoms with E-state index in [0.717, 1.165) is 19.3 Å². The van der Waals surface area contributed by atoms with Gasteiger partial charge in [0, 0.05) is 23.9 Å². The minimum Gasteiger partial charge on any atom is -0.356 e. The fourth-order valence-electron chi connectivity index (χ4n) is 1.09. The predicted octanol–water partition coefficient (Wildman–Crippen LogP) is 1.21. The van der Waals surface area contributed by atoms with Gasteiger partial charge < -0.3 is 5.32 Å². The number of nitrogens with zero attached hydrogens (tertiary/aromatic N) is 3. The summed E-state index contributed by atoms with van der Waals surface area (Å²) in [4.78, 5) is 13.7. The van der Waals surface area contributed by atoms with Crippen molar-refractivity contribution in [2.24, 2.45) is 11.0 Å². The molecule has 1 saturated carbocycles. The summed E-state index contributed by atoms with van der Waals surface area (Å²) in [5, 5.41) is 6.03. The molecule has 1 N–H and O–H groups in total. The molecule has 0 aromatic heterocycles. The first kappa shape index (κ1) is 8.87. The first-order chi connectivity index (χ1) is 5.84. The lowest BCUT2D eigenvalue weighted by atomic mass is 9.85. The lowest BCUT2D eigenvalue weighted by Gasteiger charge is -2.23. The average molecular weight is 168 g/mol. The Morgan fingerprint density at radius 3 is 2.92 bits per heavy atom. The smallest absolute Gasteiger partial charge is 0.223 e. The summed E-state index contributed by atoms with van der Waals surface area (Å²) in [6.45, 7) is 0.800. The van der Waals surface area contributed by atoms with E-state index in [-0.39, 0.29) is 11.8 Å². The van der Waals surface area contributed by atoms with E-state index in [1.807, 2.05) is 0 Å². The van der Waals surface area contributed by atoms with Crippen molar-refractivity contribution in [3.05, 3.63) is 10.4 Å². The average Bonchev–Trinajstić information content (AvgIpc) is 1.95. The second-order valence-electron chi connectivity index (χ2n) is 2.87. The van der Waals surface area contributed by atoms with E-state index in [0.29, 0.717) is 13.1 Å². The van der Waals surface area contributed by atoms with Gasteiger partial charge in [0.2, 0.25) is 5.91 Å². The molecule has 0 bridgehead atoms. The molecule has 0 spiro atoms. The van der Waals surface area contributed by atoms with Crippen molar-refractivity contribution in [1.82, 2.24) is 5.32 Å². The normalized spacial score (nSPS) is 16.0. The van der Waals surface area contributed by atoms with Crippen LogP contribution >= 0.6 is 0 Å². The monoisotopic (exact) mass is 168 g/mol. The topological polar surface area (TPSA) is 77.9 Å². The van der Waals surface area contributed by atoms with Gasteiger partial charge >= 0.3 is 0 Å². The quantitative estimate of drug-likeness (QED) is 0.291. The first-order valence-electron chi connectivity index (χ1n) is 4.13. The van der Waals surface area contributed by atoms with Crippen molar-refractivity contribution in [2.45, 2.75) is 19.3 Å². The van der Waals surface area contributed by atoms with Crippen LogP contribution in [0.5, 0.6) is 0 Å². The van der Waals surface area contributed by atoms with Crippen LogP contribution in [0.2, 0.25) is 0 Å². The van der Waals surface area contributed by atoms with Crippen LogP contribution in [0.15, 0.2) is 5.11 Å². The maximum atomic E-state index is 11.1. The molecule has 0 aromatic rings. The molecular formula is C7H12N4O. The van der Waals surface area contributed by atoms with Crippen LogP contribution in [0.25, 0.3) is 10.4 Å². The fourth-order valence-corrected chi connectivity index (χ4v) is 1.09. The molecule has 66 valence electrons. The Labute approximate surface area is 70.8 Å². The number of amides is 1. The lowest BCUT2D eigenvalue weighted by Crippen LogP contribution is -2.35. The third kappa shape index (κ3) is 2.43. The molecule has 0 radical (unpaired) electrons. The molecule has 0 heterocycles. The maximum Gasteiger partial charge on any atom is 0.223 e. The number of hydrogen-bond donors (Lipinski definition) is 1. The molecule has 0 atom stereocenters. The Hall–Kier alpha value is -1.22. The molecule has 1 aliphatic rings. The van der Waals surface area contributed by atoms with Crippen molar-refractivity contribution in [3.8, 4) is 0 Å². The Bertz CT molecular complexity index is 205. The molecule has 1 rings (SSSR count). The molecule has 1 fully saturated rings. The number of rotatable bonds is 4. The molecule has 0 unspecified atom stereocenters. The molecule has 0 aliphatic heterocycles. The van der Waals surface area contributed by atoms with Crippen LogP contribution < -0.4 is 5.32 Å². The van der Waals surface area contributed by atoms with E-state index in [1.54, 1.807) is 0 Å². The van der Waals surface area contributed by atoms with Crippen LogP contribution in [0.4, 0.5) is 0 Å². The van der Waals surface area contributed by atoms with Gasteiger partial charge in [0.25, 0.3) is 0 Å². The van der Waals surface area contributed by atoms with Gasteiger partial charge in [0.15, 0.2) is 0 Å². The van der Waals surface area contributed by atoms with Crippen molar-refractivity contribution < 1.29 is 4.79 Å². The second kappa shape index (κ2) is 4.62. The zero-order valence-corrected chi connectivity index (χ0v) is 6.86. The number of carbonyl (C=O) groups excluding carboxylic acids is 1. The third-order valence-corrected chi connectivity index (χ3v) is 2.05. The summed E-state index contributed by atoms with van der Waals surface area (Å²) in [5.41, 5.74) is 7.94. The highest BCUT2D eigenvalue weighted by molar-refractivity contribution is 5.79. The van der Waals surface area contributed by atoms with Gasteiger partial charge in [-0.05, 0) is 18.4 Å². The zero-order valence-electron chi connectivity index (χ0n) is 6.86. The van der Waals surface area contributed by atoms with Crippen LogP contribution in [-0.4, -0.2) is 19.0 Å². The van der Waals surface area contributed by atoms with Gasteiger partial charge in [-0.3, -0.25) is 4.79 Å². The highest BCUT2D eigenvalue weighted by Gasteiger charge is 2.24. The summed E-state index contributed by atoms with van der Waals surface area (Å²) in [5.74, 6) is 0.324. The maximum absolute atomic E-state index is 11.1. The molecular weight excluding hydrogens is 156 g/mol. The van der Waals surface area contributed by atoms with Gasteiger partial charge in [-0.2, -0.15) is 0 Å². The zero-order chi connectivity index (χ0) is 8.81. The predicted molar refractivity (Wildman–Crippen MR) is 44.4 cm³/mol. The lowest BCUT2D eigenvalue weighted by molar-refractivity contribution is -0.127. The minimum atomic E-state index is 0.106. The van der Waals surface area contributed by atoms with Gasteiger partial charge in [0.05, 0.1) is 0 Å². The van der Waals surface area contributed by atoms with Gasteiger partial charge in [-0.25, -0.2) is 0 Å². The summed E-state index contributed by atoms with van der Waals surface area (Å²) in [6.07, 6.45) is 3.18. The molecule has 5 nitrogen and oxygen atoms in total. The van der Waals surface area contributed by atoms with E-state index in [9.17, 15) is 4.79 Å². The SMILES string of the molecule is [N-]=[N+]=NCCNC(=O)C1CCC1. The molecule has 0 saturated heterocycles. The van der Waals surface area contributed by atoms with Crippen molar-refractivity contribution in [1.29, 1.82) is 0 Å². The molecule has 1 amide bonds. The first-order valence-corrected chi connectivity index (χ1v) is 4.13. The molecule has 0 aromatic carbocycles. The van der Waals surface area contributed by atoms with Gasteiger partial charge in [-0.1, -0.05) is 11.5 Å². The standard InChI is InChI=1S/C7H12N4O/c8-11-10-5-4-9-7(12)6-2-1-3-6/h6H,1-5H2,(H,9,12). The highest BCUT2D eigenvalue weighted by atomic mass is 16.1. The summed E-state index contributed by atoms with van der Waals surface area (Å²) < 4.78 is 0. The highest BCUT2D eigenvalue weighted by Crippen LogP contribution is 2.25. The van der Waals surface area contributed by atoms with Crippen molar-refractivity contribution in [3.63, 3.8) is 0 Å². The third-order valence-electron chi connectivity index (χ3n) is 2.05. The molecule has 5 heteroatoms. The van der Waals surface area contributed by atoms with Gasteiger partial charge in [-0.15, -0.1) is 0 Å². The van der Waals surface area contributed by atoms with Crippen LogP contribution in [0, 0.1) is 5.92 Å². The van der Waals surface area contributed by atoms with Gasteiger partial charge in [0.1, 0.15) is 0 Å². The Balaban J connectivity index is 2.05. The Kier molecular flexibility index (Phi) is 3.41. The second-order valence-corrected chi connectivity index (χ2v) is 2.87.